The van der Waals surface area contributed by atoms with Gasteiger partial charge >= 0.3 is 11.9 Å². The van der Waals surface area contributed by atoms with E-state index in [0.717, 1.165) is 36.5 Å². The predicted molar refractivity (Wildman–Crippen MR) is 154 cm³/mol. The molecule has 0 unspecified atom stereocenters. The minimum absolute atomic E-state index is 0.235. The highest BCUT2D eigenvalue weighted by Crippen LogP contribution is 2.19. The van der Waals surface area contributed by atoms with Gasteiger partial charge in [-0.2, -0.15) is 0 Å². The Morgan fingerprint density at radius 2 is 1.23 bits per heavy atom. The fourth-order valence-corrected chi connectivity index (χ4v) is 3.20. The lowest BCUT2D eigenvalue weighted by Crippen LogP contribution is -2.12. The Hall–Kier alpha value is -2.67. The molecule has 0 spiro atoms. The average Bonchev–Trinajstić information content (AvgIpc) is 2.86. The van der Waals surface area contributed by atoms with E-state index in [4.69, 9.17) is 9.47 Å². The third-order valence-electron chi connectivity index (χ3n) is 4.57. The predicted octanol–water partition coefficient (Wildman–Crippen LogP) is 8.27. The third-order valence-corrected chi connectivity index (χ3v) is 5.08. The van der Waals surface area contributed by atoms with Gasteiger partial charge in [0, 0.05) is 10.8 Å². The van der Waals surface area contributed by atoms with Crippen LogP contribution in [0.25, 0.3) is 0 Å². The first-order chi connectivity index (χ1) is 17.2. The van der Waals surface area contributed by atoms with E-state index in [1.165, 1.54) is 0 Å². The molecule has 0 bridgehead atoms. The van der Waals surface area contributed by atoms with Crippen LogP contribution in [-0.2, 0) is 9.53 Å². The highest BCUT2D eigenvalue weighted by molar-refractivity contribution is 14.1. The number of carbonyl (C=O) groups excluding carboxylic acids is 2. The summed E-state index contributed by atoms with van der Waals surface area (Å²) in [4.78, 5) is 24.0. The van der Waals surface area contributed by atoms with E-state index in [9.17, 15) is 9.59 Å². The molecule has 0 atom stereocenters. The molecule has 0 saturated carbocycles. The maximum absolute atomic E-state index is 12.1. The van der Waals surface area contributed by atoms with E-state index in [1.54, 1.807) is 31.2 Å². The molecule has 1 aromatic carbocycles. The Bertz CT molecular complexity index is 907. The number of benzene rings is 1. The summed E-state index contributed by atoms with van der Waals surface area (Å²) in [6.45, 7) is 2.00. The summed E-state index contributed by atoms with van der Waals surface area (Å²) in [6, 6.07) is 6.61. The summed E-state index contributed by atoms with van der Waals surface area (Å²) in [6.07, 6.45) is 31.3. The van der Waals surface area contributed by atoms with Crippen LogP contribution in [0.5, 0.6) is 5.75 Å². The Morgan fingerprint density at radius 1 is 0.743 bits per heavy atom. The molecule has 35 heavy (non-hydrogen) atoms. The van der Waals surface area contributed by atoms with Gasteiger partial charge in [-0.05, 0) is 57.6 Å². The lowest BCUT2D eigenvalue weighted by molar-refractivity contribution is -0.134. The molecule has 0 fully saturated rings. The Kier molecular flexibility index (Phi) is 18.9. The van der Waals surface area contributed by atoms with Gasteiger partial charge in [-0.3, -0.25) is 4.79 Å². The van der Waals surface area contributed by atoms with Crippen LogP contribution in [-0.4, -0.2) is 23.0 Å². The zero-order valence-corrected chi connectivity index (χ0v) is 22.8. The average molecular weight is 589 g/mol. The van der Waals surface area contributed by atoms with Crippen LogP contribution in [0.15, 0.2) is 97.2 Å². The monoisotopic (exact) mass is 588 g/mol. The number of alkyl halides is 1. The maximum atomic E-state index is 12.1. The number of allylic oxidation sites excluding steroid dienone is 12. The fourth-order valence-electron chi connectivity index (χ4n) is 2.84. The second-order valence-corrected chi connectivity index (χ2v) is 8.27. The first-order valence-corrected chi connectivity index (χ1v) is 13.6. The summed E-state index contributed by atoms with van der Waals surface area (Å²) in [5, 5.41) is 0. The first kappa shape index (κ1) is 30.4. The molecule has 5 heteroatoms. The largest absolute Gasteiger partial charge is 0.462 e. The fraction of sp³-hybridized carbons (Fsp3) is 0.333. The lowest BCUT2D eigenvalue weighted by Gasteiger charge is -2.08. The minimum Gasteiger partial charge on any atom is -0.462 e. The van der Waals surface area contributed by atoms with Crippen molar-refractivity contribution in [2.75, 3.05) is 11.0 Å². The number of rotatable bonds is 17. The number of ether oxygens (including phenoxy) is 2. The smallest absolute Gasteiger partial charge is 0.341 e. The van der Waals surface area contributed by atoms with Crippen LogP contribution < -0.4 is 4.74 Å². The second kappa shape index (κ2) is 21.8. The quantitative estimate of drug-likeness (QED) is 0.0605. The molecule has 0 saturated heterocycles. The number of halogens is 1. The van der Waals surface area contributed by atoms with Crippen molar-refractivity contribution in [1.29, 1.82) is 0 Å². The Labute approximate surface area is 224 Å². The van der Waals surface area contributed by atoms with Gasteiger partial charge in [0.2, 0.25) is 0 Å². The van der Waals surface area contributed by atoms with Gasteiger partial charge in [0.05, 0.1) is 6.61 Å². The molecule has 4 nitrogen and oxygen atoms in total. The van der Waals surface area contributed by atoms with Gasteiger partial charge in [-0.25, -0.2) is 4.79 Å². The van der Waals surface area contributed by atoms with Crippen LogP contribution in [0.4, 0.5) is 0 Å². The first-order valence-electron chi connectivity index (χ1n) is 12.1. The molecule has 0 N–H and O–H groups in total. The van der Waals surface area contributed by atoms with E-state index in [2.05, 4.69) is 83.4 Å². The molecule has 0 heterocycles. The topological polar surface area (TPSA) is 52.6 Å². The number of hydrogen-bond donors (Lipinski definition) is 0. The molecule has 188 valence electrons. The zero-order chi connectivity index (χ0) is 25.4. The van der Waals surface area contributed by atoms with Crippen LogP contribution in [0.3, 0.4) is 0 Å². The minimum atomic E-state index is -0.493. The maximum Gasteiger partial charge on any atom is 0.341 e. The van der Waals surface area contributed by atoms with Gasteiger partial charge in [-0.1, -0.05) is 108 Å². The molecule has 0 radical (unpaired) electrons. The van der Waals surface area contributed by atoms with Crippen molar-refractivity contribution in [2.24, 2.45) is 0 Å². The van der Waals surface area contributed by atoms with Crippen molar-refractivity contribution in [3.8, 4) is 5.75 Å². The van der Waals surface area contributed by atoms with E-state index in [1.807, 2.05) is 12.2 Å². The van der Waals surface area contributed by atoms with Crippen LogP contribution in [0, 0.1) is 0 Å². The Balaban J connectivity index is 2.14. The molecule has 1 rings (SSSR count). The van der Waals surface area contributed by atoms with E-state index in [0.29, 0.717) is 6.42 Å². The van der Waals surface area contributed by atoms with Gasteiger partial charge in [0.25, 0.3) is 0 Å². The standard InChI is InChI=1S/C30H37IO4/c1-2-34-30(33)27-23-20-21-24-28(27)35-29(32)25-19-17-15-13-11-9-7-5-3-4-6-8-10-12-14-16-18-22-26-31/h3,5-6,8-9,11-12,14-15,17-18,20-24H,2,4,7,10,13,16,19,25-26H2,1H3/b5-3-,8-6-,11-9-,14-12-,17-15-,22-18-. The number of esters is 2. The van der Waals surface area contributed by atoms with Crippen molar-refractivity contribution in [1.82, 2.24) is 0 Å². The second-order valence-electron chi connectivity index (χ2n) is 7.39. The van der Waals surface area contributed by atoms with Gasteiger partial charge in [0.15, 0.2) is 0 Å². The van der Waals surface area contributed by atoms with Crippen LogP contribution >= 0.6 is 22.6 Å². The lowest BCUT2D eigenvalue weighted by atomic mass is 10.2. The zero-order valence-electron chi connectivity index (χ0n) is 20.6. The summed E-state index contributed by atoms with van der Waals surface area (Å²) >= 11 is 2.34. The Morgan fingerprint density at radius 3 is 1.74 bits per heavy atom. The highest BCUT2D eigenvalue weighted by Gasteiger charge is 2.15. The molecular weight excluding hydrogens is 551 g/mol. The SMILES string of the molecule is CCOC(=O)c1ccccc1OC(=O)CC/C=C\C/C=C\C/C=C\C/C=C\C/C=C\C/C=C\CI. The van der Waals surface area contributed by atoms with Crippen LogP contribution in [0.2, 0.25) is 0 Å². The normalized spacial score (nSPS) is 12.3. The van der Waals surface area contributed by atoms with Crippen LogP contribution in [0.1, 0.15) is 62.2 Å². The third kappa shape index (κ3) is 16.6. The molecule has 0 aliphatic rings. The highest BCUT2D eigenvalue weighted by atomic mass is 127. The van der Waals surface area contributed by atoms with Crippen molar-refractivity contribution in [2.45, 2.75) is 51.9 Å². The molecule has 1 aromatic rings. The van der Waals surface area contributed by atoms with E-state index >= 15 is 0 Å². The summed E-state index contributed by atoms with van der Waals surface area (Å²) in [5.41, 5.74) is 0.261. The number of para-hydroxylation sites is 1. The van der Waals surface area contributed by atoms with E-state index in [-0.39, 0.29) is 30.3 Å². The van der Waals surface area contributed by atoms with E-state index < -0.39 is 5.97 Å². The summed E-state index contributed by atoms with van der Waals surface area (Å²) < 4.78 is 11.4. The molecule has 0 amide bonds. The van der Waals surface area contributed by atoms with Crippen molar-refractivity contribution >= 4 is 34.5 Å². The molecular formula is C30H37IO4. The van der Waals surface area contributed by atoms with Gasteiger partial charge < -0.3 is 9.47 Å². The molecule has 0 aliphatic carbocycles. The molecule has 0 aromatic heterocycles. The summed E-state index contributed by atoms with van der Waals surface area (Å²) in [5.74, 6) is -0.632. The number of carbonyl (C=O) groups is 2. The van der Waals surface area contributed by atoms with Crippen molar-refractivity contribution in [3.63, 3.8) is 0 Å². The van der Waals surface area contributed by atoms with Crippen molar-refractivity contribution < 1.29 is 19.1 Å². The van der Waals surface area contributed by atoms with Crippen molar-refractivity contribution in [3.05, 3.63) is 103 Å². The van der Waals surface area contributed by atoms with Gasteiger partial charge in [-0.15, -0.1) is 0 Å². The number of hydrogen-bond acceptors (Lipinski definition) is 4. The summed E-state index contributed by atoms with van der Waals surface area (Å²) in [7, 11) is 0. The molecule has 0 aliphatic heterocycles. The van der Waals surface area contributed by atoms with Gasteiger partial charge in [0.1, 0.15) is 11.3 Å².